The Morgan fingerprint density at radius 1 is 1.33 bits per heavy atom. The van der Waals surface area contributed by atoms with Crippen molar-refractivity contribution in [2.75, 3.05) is 23.3 Å². The highest BCUT2D eigenvalue weighted by Crippen LogP contribution is 2.38. The number of carbonyl (C=O) groups is 1. The first-order chi connectivity index (χ1) is 10.6. The van der Waals surface area contributed by atoms with Crippen LogP contribution in [0.1, 0.15) is 30.4 Å². The van der Waals surface area contributed by atoms with E-state index in [1.807, 2.05) is 26.1 Å². The number of amides is 1. The third-order valence-corrected chi connectivity index (χ3v) is 3.18. The fourth-order valence-corrected chi connectivity index (χ4v) is 2.21. The maximum absolute atomic E-state index is 11.6. The number of benzene rings is 1. The van der Waals surface area contributed by atoms with Crippen molar-refractivity contribution >= 4 is 27.5 Å². The van der Waals surface area contributed by atoms with Gasteiger partial charge in [-0.25, -0.2) is 13.2 Å². The highest BCUT2D eigenvalue weighted by atomic mass is 32.2. The lowest BCUT2D eigenvalue weighted by Gasteiger charge is -2.23. The Labute approximate surface area is 128 Å². The summed E-state index contributed by atoms with van der Waals surface area (Å²) in [6.45, 7) is 5.50. The van der Waals surface area contributed by atoms with Crippen molar-refractivity contribution in [2.24, 2.45) is 0 Å². The molecule has 0 radical (unpaired) electrons. The van der Waals surface area contributed by atoms with Crippen molar-refractivity contribution in [2.45, 2.75) is 26.2 Å². The molecule has 1 aromatic carbocycles. The summed E-state index contributed by atoms with van der Waals surface area (Å²) in [5.41, 5.74) is -0.209. The van der Waals surface area contributed by atoms with Gasteiger partial charge in [-0.05, 0) is 23.1 Å². The molecular weight excluding hydrogens is 296 g/mol. The van der Waals surface area contributed by atoms with Gasteiger partial charge >= 0.3 is 6.09 Å². The molecule has 0 saturated carbocycles. The number of hydrogen-bond donors (Lipinski definition) is 3. The first kappa shape index (κ1) is 12.8. The van der Waals surface area contributed by atoms with Crippen LogP contribution in [0, 0.1) is 0 Å². The van der Waals surface area contributed by atoms with Gasteiger partial charge < -0.3 is 9.84 Å². The SMILES string of the molecule is [2H]C([2H])([2H])Oc1c(NC(=O)O)cc(C(C)(C)C)cc1NS(C)(=O)=O. The lowest BCUT2D eigenvalue weighted by molar-refractivity contribution is 0.209. The van der Waals surface area contributed by atoms with E-state index < -0.39 is 34.3 Å². The summed E-state index contributed by atoms with van der Waals surface area (Å²) >= 11 is 0. The number of anilines is 2. The van der Waals surface area contributed by atoms with Crippen molar-refractivity contribution in [1.29, 1.82) is 0 Å². The minimum atomic E-state index is -3.75. The average molecular weight is 319 g/mol. The van der Waals surface area contributed by atoms with Crippen LogP contribution in [0.25, 0.3) is 0 Å². The predicted octanol–water partition coefficient (Wildman–Crippen LogP) is 2.45. The zero-order chi connectivity index (χ0) is 18.9. The Hall–Kier alpha value is -1.96. The Kier molecular flexibility index (Phi) is 3.53. The monoisotopic (exact) mass is 319 g/mol. The second kappa shape index (κ2) is 5.80. The minimum absolute atomic E-state index is 0.162. The highest BCUT2D eigenvalue weighted by Gasteiger charge is 2.21. The minimum Gasteiger partial charge on any atom is -0.492 e. The third-order valence-electron chi connectivity index (χ3n) is 2.59. The summed E-state index contributed by atoms with van der Waals surface area (Å²) in [5, 5.41) is 11.0. The lowest BCUT2D eigenvalue weighted by Crippen LogP contribution is -2.17. The van der Waals surface area contributed by atoms with E-state index in [9.17, 15) is 13.2 Å². The van der Waals surface area contributed by atoms with Gasteiger partial charge in [0.2, 0.25) is 10.0 Å². The van der Waals surface area contributed by atoms with Crippen molar-refractivity contribution in [1.82, 2.24) is 0 Å². The van der Waals surface area contributed by atoms with E-state index in [1.165, 1.54) is 12.1 Å². The van der Waals surface area contributed by atoms with Crippen LogP contribution in [0.2, 0.25) is 0 Å². The predicted molar refractivity (Wildman–Crippen MR) is 81.8 cm³/mol. The number of ether oxygens (including phenoxy) is 1. The molecule has 0 saturated heterocycles. The molecule has 0 bridgehead atoms. The number of hydrogen-bond acceptors (Lipinski definition) is 4. The molecule has 1 rings (SSSR count). The van der Waals surface area contributed by atoms with E-state index in [2.05, 4.69) is 4.72 Å². The fourth-order valence-electron chi connectivity index (χ4n) is 1.66. The van der Waals surface area contributed by atoms with Crippen molar-refractivity contribution in [3.63, 3.8) is 0 Å². The first-order valence-corrected chi connectivity index (χ1v) is 7.83. The molecule has 0 aliphatic rings. The van der Waals surface area contributed by atoms with Gasteiger partial charge in [-0.3, -0.25) is 10.0 Å². The maximum Gasteiger partial charge on any atom is 0.409 e. The van der Waals surface area contributed by atoms with Gasteiger partial charge in [0.05, 0.1) is 28.8 Å². The number of carboxylic acid groups (broad SMARTS) is 1. The van der Waals surface area contributed by atoms with Gasteiger partial charge in [0.25, 0.3) is 0 Å². The average Bonchev–Trinajstić information content (AvgIpc) is 2.27. The molecule has 3 N–H and O–H groups in total. The molecule has 0 aliphatic carbocycles. The zero-order valence-corrected chi connectivity index (χ0v) is 13.0. The summed E-state index contributed by atoms with van der Waals surface area (Å²) in [6.07, 6.45) is -0.554. The van der Waals surface area contributed by atoms with Gasteiger partial charge in [0, 0.05) is 0 Å². The molecule has 0 spiro atoms. The summed E-state index contributed by atoms with van der Waals surface area (Å²) in [5.74, 6) is -0.421. The molecule has 8 heteroatoms. The Morgan fingerprint density at radius 2 is 1.90 bits per heavy atom. The molecule has 0 aliphatic heterocycles. The van der Waals surface area contributed by atoms with Crippen LogP contribution in [0.4, 0.5) is 16.2 Å². The number of sulfonamides is 1. The Balaban J connectivity index is 3.67. The van der Waals surface area contributed by atoms with Gasteiger partial charge in [0.15, 0.2) is 5.75 Å². The summed E-state index contributed by atoms with van der Waals surface area (Å²) in [4.78, 5) is 11.0. The fraction of sp³-hybridized carbons (Fsp3) is 0.462. The molecule has 1 amide bonds. The Morgan fingerprint density at radius 3 is 2.33 bits per heavy atom. The van der Waals surface area contributed by atoms with E-state index in [0.29, 0.717) is 5.56 Å². The van der Waals surface area contributed by atoms with Crippen LogP contribution >= 0.6 is 0 Å². The second-order valence-electron chi connectivity index (χ2n) is 5.56. The van der Waals surface area contributed by atoms with Crippen LogP contribution in [0.5, 0.6) is 5.75 Å². The first-order valence-electron chi connectivity index (χ1n) is 7.44. The van der Waals surface area contributed by atoms with Crippen LogP contribution in [0.3, 0.4) is 0 Å². The molecule has 1 aromatic rings. The van der Waals surface area contributed by atoms with Gasteiger partial charge in [-0.2, -0.15) is 0 Å². The molecule has 118 valence electrons. The van der Waals surface area contributed by atoms with Crippen molar-refractivity contribution < 1.29 is 27.2 Å². The number of nitrogens with one attached hydrogen (secondary N) is 2. The highest BCUT2D eigenvalue weighted by molar-refractivity contribution is 7.92. The van der Waals surface area contributed by atoms with Gasteiger partial charge in [0.1, 0.15) is 0 Å². The zero-order valence-electron chi connectivity index (χ0n) is 15.1. The van der Waals surface area contributed by atoms with Crippen LogP contribution < -0.4 is 14.8 Å². The molecule has 0 fully saturated rings. The van der Waals surface area contributed by atoms with E-state index in [1.54, 1.807) is 0 Å². The standard InChI is InChI=1S/C13H20N2O5S/c1-13(2,3)8-6-9(14-12(16)17)11(20-4)10(7-8)15-21(5,18)19/h6-7,14-15H,1-5H3,(H,16,17)/i4D3. The van der Waals surface area contributed by atoms with E-state index in [4.69, 9.17) is 14.0 Å². The summed E-state index contributed by atoms with van der Waals surface area (Å²) in [6, 6.07) is 2.82. The van der Waals surface area contributed by atoms with Gasteiger partial charge in [-0.15, -0.1) is 0 Å². The molecule has 21 heavy (non-hydrogen) atoms. The van der Waals surface area contributed by atoms with Crippen LogP contribution in [-0.4, -0.2) is 32.9 Å². The number of rotatable bonds is 4. The van der Waals surface area contributed by atoms with E-state index in [-0.39, 0.29) is 11.4 Å². The van der Waals surface area contributed by atoms with Crippen LogP contribution in [-0.2, 0) is 15.4 Å². The van der Waals surface area contributed by atoms with Crippen LogP contribution in [0.15, 0.2) is 12.1 Å². The summed E-state index contributed by atoms with van der Waals surface area (Å²) < 4.78 is 51.8. The Bertz CT molecular complexity index is 739. The van der Waals surface area contributed by atoms with Crippen molar-refractivity contribution in [3.8, 4) is 5.75 Å². The normalized spacial score (nSPS) is 14.6. The quantitative estimate of drug-likeness (QED) is 0.790. The molecule has 0 atom stereocenters. The maximum atomic E-state index is 11.6. The smallest absolute Gasteiger partial charge is 0.409 e. The summed E-state index contributed by atoms with van der Waals surface area (Å²) in [7, 11) is -6.65. The lowest BCUT2D eigenvalue weighted by atomic mass is 9.86. The van der Waals surface area contributed by atoms with E-state index in [0.717, 1.165) is 6.26 Å². The molecule has 0 unspecified atom stereocenters. The molecule has 0 heterocycles. The third kappa shape index (κ3) is 4.82. The topological polar surface area (TPSA) is 105 Å². The number of methoxy groups -OCH3 is 1. The van der Waals surface area contributed by atoms with Crippen molar-refractivity contribution in [3.05, 3.63) is 17.7 Å². The molecule has 0 aromatic heterocycles. The van der Waals surface area contributed by atoms with Gasteiger partial charge in [-0.1, -0.05) is 20.8 Å². The molecule has 7 nitrogen and oxygen atoms in total. The van der Waals surface area contributed by atoms with E-state index >= 15 is 0 Å². The molecular formula is C13H20N2O5S. The largest absolute Gasteiger partial charge is 0.492 e. The second-order valence-corrected chi connectivity index (χ2v) is 7.31.